The van der Waals surface area contributed by atoms with E-state index in [0.717, 1.165) is 23.2 Å². The van der Waals surface area contributed by atoms with Crippen LogP contribution in [0.2, 0.25) is 0 Å². The fourth-order valence-corrected chi connectivity index (χ4v) is 3.40. The molecule has 0 aromatic heterocycles. The summed E-state index contributed by atoms with van der Waals surface area (Å²) in [7, 11) is 1.58. The molecule has 5 nitrogen and oxygen atoms in total. The summed E-state index contributed by atoms with van der Waals surface area (Å²) in [4.78, 5) is 26.9. The second kappa shape index (κ2) is 7.60. The fourth-order valence-electron chi connectivity index (χ4n) is 3.40. The molecule has 1 heterocycles. The summed E-state index contributed by atoms with van der Waals surface area (Å²) in [6, 6.07) is 13.4. The first kappa shape index (κ1) is 18.0. The van der Waals surface area contributed by atoms with Gasteiger partial charge in [0.05, 0.1) is 18.7 Å². The van der Waals surface area contributed by atoms with Gasteiger partial charge in [0.15, 0.2) is 0 Å². The number of carbonyl (C=O) groups excluding carboxylic acids is 2. The first-order valence-corrected chi connectivity index (χ1v) is 8.87. The van der Waals surface area contributed by atoms with Crippen LogP contribution in [0.5, 0.6) is 5.75 Å². The van der Waals surface area contributed by atoms with Crippen LogP contribution in [0.25, 0.3) is 0 Å². The number of carbonyl (C=O) groups is 2. The second-order valence-corrected chi connectivity index (χ2v) is 6.53. The van der Waals surface area contributed by atoms with Gasteiger partial charge in [-0.2, -0.15) is 0 Å². The molecule has 0 aliphatic carbocycles. The Morgan fingerprint density at radius 3 is 2.73 bits per heavy atom. The van der Waals surface area contributed by atoms with Crippen molar-refractivity contribution in [3.8, 4) is 5.75 Å². The molecule has 2 aromatic carbocycles. The van der Waals surface area contributed by atoms with Gasteiger partial charge >= 0.3 is 0 Å². The first-order chi connectivity index (χ1) is 12.5. The molecule has 0 radical (unpaired) electrons. The Kier molecular flexibility index (Phi) is 5.26. The van der Waals surface area contributed by atoms with Gasteiger partial charge in [-0.15, -0.1) is 0 Å². The molecule has 1 aliphatic rings. The molecule has 0 saturated carbocycles. The van der Waals surface area contributed by atoms with Crippen molar-refractivity contribution in [2.45, 2.75) is 26.7 Å². The number of hydrogen-bond acceptors (Lipinski definition) is 3. The van der Waals surface area contributed by atoms with E-state index in [9.17, 15) is 9.59 Å². The summed E-state index contributed by atoms with van der Waals surface area (Å²) < 4.78 is 5.35. The van der Waals surface area contributed by atoms with Gasteiger partial charge in [-0.05, 0) is 36.6 Å². The van der Waals surface area contributed by atoms with E-state index >= 15 is 0 Å². The first-order valence-electron chi connectivity index (χ1n) is 8.87. The SMILES string of the molecule is CCc1cccc(C)c1NC(=O)[C@@H]1CC(=O)N(c2ccccc2OC)C1. The highest BCUT2D eigenvalue weighted by Gasteiger charge is 2.36. The molecule has 0 spiro atoms. The van der Waals surface area contributed by atoms with Gasteiger partial charge < -0.3 is 15.0 Å². The minimum Gasteiger partial charge on any atom is -0.495 e. The molecule has 1 atom stereocenters. The Morgan fingerprint density at radius 1 is 1.23 bits per heavy atom. The van der Waals surface area contributed by atoms with Gasteiger partial charge in [-0.3, -0.25) is 9.59 Å². The number of benzene rings is 2. The average molecular weight is 352 g/mol. The zero-order chi connectivity index (χ0) is 18.7. The Bertz CT molecular complexity index is 832. The van der Waals surface area contributed by atoms with E-state index in [4.69, 9.17) is 4.74 Å². The van der Waals surface area contributed by atoms with Gasteiger partial charge in [0, 0.05) is 18.7 Å². The molecule has 2 amide bonds. The number of rotatable bonds is 5. The van der Waals surface area contributed by atoms with Crippen LogP contribution in [-0.4, -0.2) is 25.5 Å². The predicted octanol–water partition coefficient (Wildman–Crippen LogP) is 3.56. The number of methoxy groups -OCH3 is 1. The molecule has 1 aliphatic heterocycles. The van der Waals surface area contributed by atoms with Gasteiger partial charge in [-0.25, -0.2) is 0 Å². The topological polar surface area (TPSA) is 58.6 Å². The summed E-state index contributed by atoms with van der Waals surface area (Å²) in [6.45, 7) is 4.40. The third kappa shape index (κ3) is 3.43. The van der Waals surface area contributed by atoms with E-state index in [1.165, 1.54) is 0 Å². The van der Waals surface area contributed by atoms with E-state index in [-0.39, 0.29) is 24.2 Å². The Labute approximate surface area is 154 Å². The lowest BCUT2D eigenvalue weighted by Gasteiger charge is -2.20. The number of aryl methyl sites for hydroxylation is 2. The van der Waals surface area contributed by atoms with Crippen LogP contribution >= 0.6 is 0 Å². The van der Waals surface area contributed by atoms with Crippen molar-refractivity contribution in [3.63, 3.8) is 0 Å². The lowest BCUT2D eigenvalue weighted by atomic mass is 10.0. The van der Waals surface area contributed by atoms with E-state index in [1.54, 1.807) is 12.0 Å². The summed E-state index contributed by atoms with van der Waals surface area (Å²) >= 11 is 0. The van der Waals surface area contributed by atoms with Crippen molar-refractivity contribution in [1.82, 2.24) is 0 Å². The maximum Gasteiger partial charge on any atom is 0.229 e. The quantitative estimate of drug-likeness (QED) is 0.895. The highest BCUT2D eigenvalue weighted by molar-refractivity contribution is 6.04. The monoisotopic (exact) mass is 352 g/mol. The summed E-state index contributed by atoms with van der Waals surface area (Å²) in [5.41, 5.74) is 3.71. The Balaban J connectivity index is 1.78. The Hall–Kier alpha value is -2.82. The molecular weight excluding hydrogens is 328 g/mol. The van der Waals surface area contributed by atoms with E-state index in [2.05, 4.69) is 12.2 Å². The van der Waals surface area contributed by atoms with E-state index in [0.29, 0.717) is 18.0 Å². The molecule has 1 saturated heterocycles. The zero-order valence-corrected chi connectivity index (χ0v) is 15.4. The number of anilines is 2. The summed E-state index contributed by atoms with van der Waals surface area (Å²) in [5, 5.41) is 3.04. The molecule has 1 N–H and O–H groups in total. The zero-order valence-electron chi connectivity index (χ0n) is 15.4. The fraction of sp³-hybridized carbons (Fsp3) is 0.333. The minimum atomic E-state index is -0.378. The van der Waals surface area contributed by atoms with Crippen LogP contribution in [0.15, 0.2) is 42.5 Å². The molecule has 136 valence electrons. The van der Waals surface area contributed by atoms with Crippen molar-refractivity contribution in [3.05, 3.63) is 53.6 Å². The van der Waals surface area contributed by atoms with Crippen molar-refractivity contribution < 1.29 is 14.3 Å². The predicted molar refractivity (Wildman–Crippen MR) is 103 cm³/mol. The Morgan fingerprint density at radius 2 is 2.00 bits per heavy atom. The van der Waals surface area contributed by atoms with E-state index in [1.807, 2.05) is 49.4 Å². The number of nitrogens with one attached hydrogen (secondary N) is 1. The van der Waals surface area contributed by atoms with Crippen LogP contribution < -0.4 is 15.0 Å². The largest absolute Gasteiger partial charge is 0.495 e. The molecule has 26 heavy (non-hydrogen) atoms. The van der Waals surface area contributed by atoms with Crippen LogP contribution in [0.3, 0.4) is 0 Å². The number of amides is 2. The lowest BCUT2D eigenvalue weighted by molar-refractivity contribution is -0.122. The maximum absolute atomic E-state index is 12.8. The average Bonchev–Trinajstić information content (AvgIpc) is 3.05. The molecule has 3 rings (SSSR count). The normalized spacial score (nSPS) is 16.7. The van der Waals surface area contributed by atoms with Crippen LogP contribution in [0.4, 0.5) is 11.4 Å². The van der Waals surface area contributed by atoms with Gasteiger partial charge in [0.2, 0.25) is 11.8 Å². The third-order valence-corrected chi connectivity index (χ3v) is 4.86. The van der Waals surface area contributed by atoms with E-state index < -0.39 is 0 Å². The number of para-hydroxylation sites is 3. The smallest absolute Gasteiger partial charge is 0.229 e. The molecule has 2 aromatic rings. The number of nitrogens with zero attached hydrogens (tertiary/aromatic N) is 1. The molecular formula is C21H24N2O3. The van der Waals surface area contributed by atoms with Crippen LogP contribution in [0.1, 0.15) is 24.5 Å². The number of hydrogen-bond donors (Lipinski definition) is 1. The molecule has 5 heteroatoms. The lowest BCUT2D eigenvalue weighted by Crippen LogP contribution is -2.28. The van der Waals surface area contributed by atoms with Crippen molar-refractivity contribution in [2.75, 3.05) is 23.9 Å². The van der Waals surface area contributed by atoms with Crippen molar-refractivity contribution >= 4 is 23.2 Å². The molecule has 0 unspecified atom stereocenters. The van der Waals surface area contributed by atoms with Crippen LogP contribution in [-0.2, 0) is 16.0 Å². The van der Waals surface area contributed by atoms with Gasteiger partial charge in [0.1, 0.15) is 5.75 Å². The minimum absolute atomic E-state index is 0.0600. The van der Waals surface area contributed by atoms with Crippen molar-refractivity contribution in [1.29, 1.82) is 0 Å². The highest BCUT2D eigenvalue weighted by Crippen LogP contribution is 2.33. The summed E-state index contributed by atoms with van der Waals surface area (Å²) in [5.74, 6) is 0.0840. The molecule has 0 bridgehead atoms. The summed E-state index contributed by atoms with van der Waals surface area (Å²) in [6.07, 6.45) is 1.05. The standard InChI is InChI=1S/C21H24N2O3/c1-4-15-9-7-8-14(2)20(15)22-21(25)16-12-19(24)23(13-16)17-10-5-6-11-18(17)26-3/h5-11,16H,4,12-13H2,1-3H3,(H,22,25)/t16-/m1/s1. The molecule has 1 fully saturated rings. The van der Waals surface area contributed by atoms with Crippen molar-refractivity contribution in [2.24, 2.45) is 5.92 Å². The number of ether oxygens (including phenoxy) is 1. The van der Waals surface area contributed by atoms with Crippen LogP contribution in [0, 0.1) is 12.8 Å². The maximum atomic E-state index is 12.8. The second-order valence-electron chi connectivity index (χ2n) is 6.53. The van der Waals surface area contributed by atoms with Gasteiger partial charge in [0.25, 0.3) is 0 Å². The van der Waals surface area contributed by atoms with Gasteiger partial charge in [-0.1, -0.05) is 37.3 Å². The third-order valence-electron chi connectivity index (χ3n) is 4.86. The highest BCUT2D eigenvalue weighted by atomic mass is 16.5.